The fraction of sp³-hybridized carbons (Fsp3) is 0.438. The molecule has 2 aromatic rings. The molecule has 0 radical (unpaired) electrons. The summed E-state index contributed by atoms with van der Waals surface area (Å²) in [5.41, 5.74) is 3.19. The third-order valence-corrected chi connectivity index (χ3v) is 3.66. The fourth-order valence-electron chi connectivity index (χ4n) is 2.63. The summed E-state index contributed by atoms with van der Waals surface area (Å²) in [6, 6.07) is 4.07. The summed E-state index contributed by atoms with van der Waals surface area (Å²) in [6.45, 7) is 4.45. The summed E-state index contributed by atoms with van der Waals surface area (Å²) < 4.78 is 5.21. The van der Waals surface area contributed by atoms with E-state index in [0.717, 1.165) is 36.6 Å². The van der Waals surface area contributed by atoms with Crippen molar-refractivity contribution >= 4 is 5.82 Å². The van der Waals surface area contributed by atoms with Crippen molar-refractivity contribution in [2.24, 2.45) is 0 Å². The van der Waals surface area contributed by atoms with E-state index in [2.05, 4.69) is 22.5 Å². The second-order valence-corrected chi connectivity index (χ2v) is 5.49. The molecule has 0 fully saturated rings. The molecule has 1 aliphatic rings. The van der Waals surface area contributed by atoms with Gasteiger partial charge in [-0.2, -0.15) is 0 Å². The van der Waals surface area contributed by atoms with E-state index in [1.165, 1.54) is 5.56 Å². The number of pyridine rings is 1. The van der Waals surface area contributed by atoms with Gasteiger partial charge in [0.05, 0.1) is 12.3 Å². The molecule has 6 heteroatoms. The fourth-order valence-corrected chi connectivity index (χ4v) is 2.63. The average Bonchev–Trinajstić information content (AvgIpc) is 2.56. The van der Waals surface area contributed by atoms with E-state index < -0.39 is 0 Å². The molecule has 22 heavy (non-hydrogen) atoms. The zero-order valence-electron chi connectivity index (χ0n) is 13.0. The Hall–Kier alpha value is -2.05. The van der Waals surface area contributed by atoms with E-state index in [1.807, 2.05) is 12.1 Å². The van der Waals surface area contributed by atoms with Gasteiger partial charge in [0.15, 0.2) is 5.82 Å². The number of fused-ring (bicyclic) bond motifs is 1. The molecule has 6 nitrogen and oxygen atoms in total. The number of nitrogens with one attached hydrogen (secondary N) is 2. The van der Waals surface area contributed by atoms with Crippen molar-refractivity contribution in [3.05, 3.63) is 35.8 Å². The third-order valence-electron chi connectivity index (χ3n) is 3.66. The Morgan fingerprint density at radius 2 is 2.32 bits per heavy atom. The molecule has 0 saturated heterocycles. The van der Waals surface area contributed by atoms with Gasteiger partial charge in [0.25, 0.3) is 0 Å². The first-order valence-corrected chi connectivity index (χ1v) is 7.54. The monoisotopic (exact) mass is 299 g/mol. The Morgan fingerprint density at radius 3 is 3.09 bits per heavy atom. The first-order valence-electron chi connectivity index (χ1n) is 7.54. The van der Waals surface area contributed by atoms with Gasteiger partial charge in [-0.25, -0.2) is 9.97 Å². The van der Waals surface area contributed by atoms with Crippen LogP contribution in [-0.2, 0) is 17.7 Å². The molecular weight excluding hydrogens is 278 g/mol. The zero-order chi connectivity index (χ0) is 15.4. The van der Waals surface area contributed by atoms with Crippen LogP contribution in [0.4, 0.5) is 5.82 Å². The van der Waals surface area contributed by atoms with Crippen LogP contribution in [0.15, 0.2) is 24.5 Å². The highest BCUT2D eigenvalue weighted by Crippen LogP contribution is 2.25. The predicted octanol–water partition coefficient (Wildman–Crippen LogP) is 1.63. The van der Waals surface area contributed by atoms with E-state index in [0.29, 0.717) is 12.4 Å². The normalized spacial score (nSPS) is 15.2. The van der Waals surface area contributed by atoms with E-state index in [1.54, 1.807) is 19.5 Å². The lowest BCUT2D eigenvalue weighted by molar-refractivity contribution is 0.190. The van der Waals surface area contributed by atoms with Gasteiger partial charge in [0.1, 0.15) is 5.82 Å². The van der Waals surface area contributed by atoms with Crippen LogP contribution in [0.25, 0.3) is 11.4 Å². The van der Waals surface area contributed by atoms with Crippen LogP contribution in [0.5, 0.6) is 0 Å². The highest BCUT2D eigenvalue weighted by molar-refractivity contribution is 5.59. The van der Waals surface area contributed by atoms with Crippen molar-refractivity contribution in [3.8, 4) is 11.4 Å². The minimum absolute atomic E-state index is 0.195. The summed E-state index contributed by atoms with van der Waals surface area (Å²) in [5, 5.41) is 6.82. The maximum atomic E-state index is 5.21. The standard InChI is InChI=1S/C16H21N5O/c1-11(10-22-2)19-16-13-5-7-18-9-14(13)20-15(21-16)12-4-3-6-17-8-12/h3-4,6,8,11,18H,5,7,9-10H2,1-2H3,(H,19,20,21). The van der Waals surface area contributed by atoms with Crippen LogP contribution < -0.4 is 10.6 Å². The average molecular weight is 299 g/mol. The lowest BCUT2D eigenvalue weighted by Gasteiger charge is -2.22. The molecule has 0 bridgehead atoms. The molecule has 2 aromatic heterocycles. The van der Waals surface area contributed by atoms with Crippen molar-refractivity contribution in [1.29, 1.82) is 0 Å². The Labute approximate surface area is 130 Å². The van der Waals surface area contributed by atoms with E-state index in [4.69, 9.17) is 14.7 Å². The maximum Gasteiger partial charge on any atom is 0.163 e. The van der Waals surface area contributed by atoms with E-state index in [9.17, 15) is 0 Å². The number of hydrogen-bond donors (Lipinski definition) is 2. The zero-order valence-corrected chi connectivity index (χ0v) is 13.0. The van der Waals surface area contributed by atoms with Gasteiger partial charge in [-0.3, -0.25) is 4.98 Å². The van der Waals surface area contributed by atoms with Gasteiger partial charge in [-0.05, 0) is 32.0 Å². The van der Waals surface area contributed by atoms with E-state index >= 15 is 0 Å². The lowest BCUT2D eigenvalue weighted by Crippen LogP contribution is -2.29. The Bertz CT molecular complexity index is 632. The van der Waals surface area contributed by atoms with Crippen molar-refractivity contribution in [2.45, 2.75) is 25.9 Å². The summed E-state index contributed by atoms with van der Waals surface area (Å²) in [6.07, 6.45) is 4.48. The summed E-state index contributed by atoms with van der Waals surface area (Å²) >= 11 is 0. The molecule has 0 saturated carbocycles. The Balaban J connectivity index is 1.99. The SMILES string of the molecule is COCC(C)Nc1nc(-c2cccnc2)nc2c1CCNC2. The number of ether oxygens (including phenoxy) is 1. The summed E-state index contributed by atoms with van der Waals surface area (Å²) in [7, 11) is 1.71. The topological polar surface area (TPSA) is 72.0 Å². The molecule has 3 rings (SSSR count). The van der Waals surface area contributed by atoms with Crippen LogP contribution in [0, 0.1) is 0 Å². The highest BCUT2D eigenvalue weighted by atomic mass is 16.5. The molecular formula is C16H21N5O. The minimum Gasteiger partial charge on any atom is -0.383 e. The number of hydrogen-bond acceptors (Lipinski definition) is 6. The van der Waals surface area contributed by atoms with Crippen LogP contribution in [-0.4, -0.2) is 41.3 Å². The molecule has 116 valence electrons. The van der Waals surface area contributed by atoms with Crippen LogP contribution >= 0.6 is 0 Å². The summed E-state index contributed by atoms with van der Waals surface area (Å²) in [4.78, 5) is 13.6. The van der Waals surface area contributed by atoms with Gasteiger partial charge < -0.3 is 15.4 Å². The van der Waals surface area contributed by atoms with Gasteiger partial charge in [0.2, 0.25) is 0 Å². The number of methoxy groups -OCH3 is 1. The number of aromatic nitrogens is 3. The number of nitrogens with zero attached hydrogens (tertiary/aromatic N) is 3. The molecule has 2 N–H and O–H groups in total. The van der Waals surface area contributed by atoms with Gasteiger partial charge in [-0.1, -0.05) is 0 Å². The second-order valence-electron chi connectivity index (χ2n) is 5.49. The highest BCUT2D eigenvalue weighted by Gasteiger charge is 2.19. The van der Waals surface area contributed by atoms with Gasteiger partial charge >= 0.3 is 0 Å². The Morgan fingerprint density at radius 1 is 1.41 bits per heavy atom. The predicted molar refractivity (Wildman–Crippen MR) is 85.6 cm³/mol. The number of anilines is 1. The smallest absolute Gasteiger partial charge is 0.163 e. The quantitative estimate of drug-likeness (QED) is 0.874. The molecule has 3 heterocycles. The van der Waals surface area contributed by atoms with Crippen LogP contribution in [0.1, 0.15) is 18.2 Å². The van der Waals surface area contributed by atoms with E-state index in [-0.39, 0.29) is 6.04 Å². The lowest BCUT2D eigenvalue weighted by atomic mass is 10.1. The van der Waals surface area contributed by atoms with Crippen LogP contribution in [0.3, 0.4) is 0 Å². The first-order chi connectivity index (χ1) is 10.8. The molecule has 1 aliphatic heterocycles. The van der Waals surface area contributed by atoms with Crippen LogP contribution in [0.2, 0.25) is 0 Å². The van der Waals surface area contributed by atoms with Gasteiger partial charge in [0, 0.05) is 43.2 Å². The van der Waals surface area contributed by atoms with Crippen molar-refractivity contribution in [3.63, 3.8) is 0 Å². The first kappa shape index (κ1) is 14.9. The van der Waals surface area contributed by atoms with Crippen molar-refractivity contribution in [2.75, 3.05) is 25.6 Å². The Kier molecular flexibility index (Phi) is 4.60. The molecule has 0 amide bonds. The van der Waals surface area contributed by atoms with Crippen molar-refractivity contribution < 1.29 is 4.74 Å². The molecule has 1 atom stereocenters. The molecule has 0 aliphatic carbocycles. The molecule has 1 unspecified atom stereocenters. The maximum absolute atomic E-state index is 5.21. The molecule has 0 spiro atoms. The summed E-state index contributed by atoms with van der Waals surface area (Å²) in [5.74, 6) is 1.62. The minimum atomic E-state index is 0.195. The number of rotatable bonds is 5. The largest absolute Gasteiger partial charge is 0.383 e. The second kappa shape index (κ2) is 6.81. The molecule has 0 aromatic carbocycles. The van der Waals surface area contributed by atoms with Crippen molar-refractivity contribution in [1.82, 2.24) is 20.3 Å². The van der Waals surface area contributed by atoms with Gasteiger partial charge in [-0.15, -0.1) is 0 Å². The third kappa shape index (κ3) is 3.23.